The van der Waals surface area contributed by atoms with Gasteiger partial charge in [-0.05, 0) is 49.2 Å². The summed E-state index contributed by atoms with van der Waals surface area (Å²) in [5.74, 6) is 0. The average molecular weight is 320 g/mol. The van der Waals surface area contributed by atoms with E-state index in [1.54, 1.807) is 0 Å². The highest BCUT2D eigenvalue weighted by atomic mass is 35.5. The van der Waals surface area contributed by atoms with Crippen molar-refractivity contribution in [3.63, 3.8) is 0 Å². The molecule has 1 unspecified atom stereocenters. The van der Waals surface area contributed by atoms with Crippen LogP contribution in [0.25, 0.3) is 0 Å². The van der Waals surface area contributed by atoms with Crippen molar-refractivity contribution in [2.75, 3.05) is 7.05 Å². The lowest BCUT2D eigenvalue weighted by atomic mass is 9.59. The van der Waals surface area contributed by atoms with Crippen LogP contribution in [0.3, 0.4) is 0 Å². The summed E-state index contributed by atoms with van der Waals surface area (Å²) >= 11 is 12.6. The Morgan fingerprint density at radius 1 is 1.05 bits per heavy atom. The molecule has 1 aliphatic rings. The molecule has 0 aliphatic heterocycles. The second-order valence-corrected chi connectivity index (χ2v) is 6.61. The van der Waals surface area contributed by atoms with Crippen molar-refractivity contribution in [1.29, 1.82) is 0 Å². The van der Waals surface area contributed by atoms with Crippen molar-refractivity contribution in [3.8, 4) is 0 Å². The minimum atomic E-state index is 0.115. The third kappa shape index (κ3) is 2.59. The van der Waals surface area contributed by atoms with E-state index in [9.17, 15) is 0 Å². The molecule has 21 heavy (non-hydrogen) atoms. The van der Waals surface area contributed by atoms with E-state index in [-0.39, 0.29) is 11.5 Å². The number of likely N-dealkylation sites (N-methyl/N-ethyl adjacent to an activating group) is 1. The molecule has 1 aliphatic carbocycles. The molecule has 2 aromatic rings. The van der Waals surface area contributed by atoms with Gasteiger partial charge in [-0.1, -0.05) is 60.0 Å². The van der Waals surface area contributed by atoms with Gasteiger partial charge in [0.2, 0.25) is 0 Å². The number of nitrogens with one attached hydrogen (secondary N) is 1. The highest BCUT2D eigenvalue weighted by Crippen LogP contribution is 2.53. The van der Waals surface area contributed by atoms with Gasteiger partial charge in [0.15, 0.2) is 0 Å². The summed E-state index contributed by atoms with van der Waals surface area (Å²) in [6.45, 7) is 0. The molecule has 1 saturated carbocycles. The lowest BCUT2D eigenvalue weighted by Gasteiger charge is -2.48. The van der Waals surface area contributed by atoms with Crippen molar-refractivity contribution < 1.29 is 0 Å². The van der Waals surface area contributed by atoms with Gasteiger partial charge in [-0.3, -0.25) is 0 Å². The fraction of sp³-hybridized carbons (Fsp3) is 0.333. The van der Waals surface area contributed by atoms with Crippen LogP contribution in [0.1, 0.15) is 36.4 Å². The molecule has 1 fully saturated rings. The highest BCUT2D eigenvalue weighted by Gasteiger charge is 2.46. The van der Waals surface area contributed by atoms with Crippen LogP contribution in [0.4, 0.5) is 0 Å². The largest absolute Gasteiger partial charge is 0.312 e. The van der Waals surface area contributed by atoms with Crippen LogP contribution in [0, 0.1) is 0 Å². The molecule has 3 rings (SSSR count). The Balaban J connectivity index is 2.08. The molecule has 0 heterocycles. The van der Waals surface area contributed by atoms with Gasteiger partial charge in [0.25, 0.3) is 0 Å². The van der Waals surface area contributed by atoms with Crippen LogP contribution in [-0.4, -0.2) is 7.05 Å². The molecule has 0 bridgehead atoms. The highest BCUT2D eigenvalue weighted by molar-refractivity contribution is 6.33. The smallest absolute Gasteiger partial charge is 0.0455 e. The predicted molar refractivity (Wildman–Crippen MR) is 90.2 cm³/mol. The molecule has 3 heteroatoms. The Morgan fingerprint density at radius 3 is 2.33 bits per heavy atom. The van der Waals surface area contributed by atoms with Gasteiger partial charge >= 0.3 is 0 Å². The SMILES string of the molecule is CNC(c1cc(Cl)ccc1Cl)C1(c2ccccc2)CCC1. The zero-order valence-corrected chi connectivity index (χ0v) is 13.6. The molecule has 1 N–H and O–H groups in total. The van der Waals surface area contributed by atoms with Crippen LogP contribution >= 0.6 is 23.2 Å². The lowest BCUT2D eigenvalue weighted by molar-refractivity contribution is 0.176. The fourth-order valence-corrected chi connectivity index (χ4v) is 3.94. The molecule has 0 saturated heterocycles. The fourth-order valence-electron chi connectivity index (χ4n) is 3.54. The van der Waals surface area contributed by atoms with Gasteiger partial charge in [-0.15, -0.1) is 0 Å². The number of benzene rings is 2. The van der Waals surface area contributed by atoms with E-state index in [4.69, 9.17) is 23.2 Å². The second kappa shape index (κ2) is 6.00. The monoisotopic (exact) mass is 319 g/mol. The first kappa shape index (κ1) is 14.9. The van der Waals surface area contributed by atoms with E-state index in [0.29, 0.717) is 0 Å². The molecule has 110 valence electrons. The first-order chi connectivity index (χ1) is 10.2. The number of hydrogen-bond acceptors (Lipinski definition) is 1. The standard InChI is InChI=1S/C18H19Cl2N/c1-21-17(15-12-14(19)8-9-16(15)20)18(10-5-11-18)13-6-3-2-4-7-13/h2-4,6-9,12,17,21H,5,10-11H2,1H3. The Kier molecular flexibility index (Phi) is 4.26. The van der Waals surface area contributed by atoms with Gasteiger partial charge in [-0.25, -0.2) is 0 Å². The molecule has 1 atom stereocenters. The maximum atomic E-state index is 6.45. The van der Waals surface area contributed by atoms with Crippen LogP contribution in [-0.2, 0) is 5.41 Å². The summed E-state index contributed by atoms with van der Waals surface area (Å²) in [4.78, 5) is 0. The van der Waals surface area contributed by atoms with Gasteiger partial charge < -0.3 is 5.32 Å². The predicted octanol–water partition coefficient (Wildman–Crippen LogP) is 5.38. The van der Waals surface area contributed by atoms with Crippen LogP contribution in [0.15, 0.2) is 48.5 Å². The average Bonchev–Trinajstić information content (AvgIpc) is 2.46. The van der Waals surface area contributed by atoms with E-state index in [1.807, 2.05) is 25.2 Å². The van der Waals surface area contributed by atoms with Crippen molar-refractivity contribution >= 4 is 23.2 Å². The Bertz CT molecular complexity index is 620. The topological polar surface area (TPSA) is 12.0 Å². The Morgan fingerprint density at radius 2 is 1.76 bits per heavy atom. The summed E-state index contributed by atoms with van der Waals surface area (Å²) in [5.41, 5.74) is 2.59. The minimum Gasteiger partial charge on any atom is -0.312 e. The zero-order valence-electron chi connectivity index (χ0n) is 12.1. The van der Waals surface area contributed by atoms with E-state index in [1.165, 1.54) is 24.8 Å². The summed E-state index contributed by atoms with van der Waals surface area (Å²) < 4.78 is 0. The normalized spacial score (nSPS) is 18.0. The Labute approximate surface area is 136 Å². The third-order valence-electron chi connectivity index (χ3n) is 4.70. The first-order valence-corrected chi connectivity index (χ1v) is 8.11. The molecule has 0 aromatic heterocycles. The number of halogens is 2. The quantitative estimate of drug-likeness (QED) is 0.798. The van der Waals surface area contributed by atoms with Crippen LogP contribution in [0.5, 0.6) is 0 Å². The van der Waals surface area contributed by atoms with E-state index < -0.39 is 0 Å². The van der Waals surface area contributed by atoms with Crippen LogP contribution < -0.4 is 5.32 Å². The summed E-state index contributed by atoms with van der Waals surface area (Å²) in [6.07, 6.45) is 3.60. The summed E-state index contributed by atoms with van der Waals surface area (Å²) in [5, 5.41) is 5.00. The van der Waals surface area contributed by atoms with Crippen molar-refractivity contribution in [2.45, 2.75) is 30.7 Å². The molecule has 0 spiro atoms. The maximum Gasteiger partial charge on any atom is 0.0455 e. The maximum absolute atomic E-state index is 6.45. The molecule has 0 amide bonds. The molecule has 0 radical (unpaired) electrons. The minimum absolute atomic E-state index is 0.115. The van der Waals surface area contributed by atoms with Crippen molar-refractivity contribution in [1.82, 2.24) is 5.32 Å². The molecular weight excluding hydrogens is 301 g/mol. The van der Waals surface area contributed by atoms with Gasteiger partial charge in [0.1, 0.15) is 0 Å². The van der Waals surface area contributed by atoms with Crippen LogP contribution in [0.2, 0.25) is 10.0 Å². The third-order valence-corrected chi connectivity index (χ3v) is 5.28. The van der Waals surface area contributed by atoms with Gasteiger partial charge in [0.05, 0.1) is 0 Å². The lowest BCUT2D eigenvalue weighted by Crippen LogP contribution is -2.45. The Hall–Kier alpha value is -1.02. The molecular formula is C18H19Cl2N. The van der Waals surface area contributed by atoms with E-state index in [2.05, 4.69) is 35.6 Å². The summed E-state index contributed by atoms with van der Waals surface area (Å²) in [7, 11) is 2.00. The van der Waals surface area contributed by atoms with Gasteiger partial charge in [-0.2, -0.15) is 0 Å². The molecule has 2 aromatic carbocycles. The van der Waals surface area contributed by atoms with Crippen molar-refractivity contribution in [2.24, 2.45) is 0 Å². The van der Waals surface area contributed by atoms with E-state index in [0.717, 1.165) is 15.6 Å². The molecule has 1 nitrogen and oxygen atoms in total. The zero-order chi connectivity index (χ0) is 14.9. The second-order valence-electron chi connectivity index (χ2n) is 5.76. The summed E-state index contributed by atoms with van der Waals surface area (Å²) in [6, 6.07) is 16.6. The number of hydrogen-bond donors (Lipinski definition) is 1. The van der Waals surface area contributed by atoms with E-state index >= 15 is 0 Å². The number of rotatable bonds is 4. The first-order valence-electron chi connectivity index (χ1n) is 7.35. The van der Waals surface area contributed by atoms with Crippen molar-refractivity contribution in [3.05, 3.63) is 69.7 Å². The van der Waals surface area contributed by atoms with Gasteiger partial charge in [0, 0.05) is 21.5 Å².